The zero-order chi connectivity index (χ0) is 20.2. The van der Waals surface area contributed by atoms with E-state index in [0.29, 0.717) is 31.7 Å². The Bertz CT molecular complexity index is 803. The number of unbranched alkanes of at least 4 members (excludes halogenated alkanes) is 1. The van der Waals surface area contributed by atoms with Gasteiger partial charge in [0.1, 0.15) is 0 Å². The molecule has 0 aliphatic carbocycles. The van der Waals surface area contributed by atoms with E-state index in [1.54, 1.807) is 11.3 Å². The SMILES string of the molecule is CCCCOCCCNC(=O)c1ccc(S(=O)(=O)NCCc2cccs2)cc1. The van der Waals surface area contributed by atoms with Gasteiger partial charge in [-0.25, -0.2) is 13.1 Å². The minimum absolute atomic E-state index is 0.152. The van der Waals surface area contributed by atoms with Crippen LogP contribution in [0.2, 0.25) is 0 Å². The molecule has 2 rings (SSSR count). The van der Waals surface area contributed by atoms with E-state index in [0.717, 1.165) is 30.7 Å². The summed E-state index contributed by atoms with van der Waals surface area (Å²) < 4.78 is 32.7. The van der Waals surface area contributed by atoms with Gasteiger partial charge in [-0.05, 0) is 55.0 Å². The van der Waals surface area contributed by atoms with Crippen LogP contribution in [0.15, 0.2) is 46.7 Å². The van der Waals surface area contributed by atoms with Gasteiger partial charge < -0.3 is 10.1 Å². The Morgan fingerprint density at radius 1 is 1.07 bits per heavy atom. The number of benzene rings is 1. The van der Waals surface area contributed by atoms with E-state index in [1.165, 1.54) is 24.3 Å². The van der Waals surface area contributed by atoms with Gasteiger partial charge in [0.15, 0.2) is 0 Å². The van der Waals surface area contributed by atoms with Gasteiger partial charge in [0, 0.05) is 36.7 Å². The van der Waals surface area contributed by atoms with Crippen molar-refractivity contribution in [2.24, 2.45) is 0 Å². The van der Waals surface area contributed by atoms with E-state index in [2.05, 4.69) is 17.0 Å². The van der Waals surface area contributed by atoms with Crippen molar-refractivity contribution >= 4 is 27.3 Å². The molecule has 1 aromatic carbocycles. The number of ether oxygens (including phenoxy) is 1. The highest BCUT2D eigenvalue weighted by atomic mass is 32.2. The van der Waals surface area contributed by atoms with Gasteiger partial charge in [0.2, 0.25) is 10.0 Å². The number of rotatable bonds is 13. The molecular formula is C20H28N2O4S2. The van der Waals surface area contributed by atoms with Gasteiger partial charge in [0.05, 0.1) is 4.90 Å². The highest BCUT2D eigenvalue weighted by molar-refractivity contribution is 7.89. The first-order valence-corrected chi connectivity index (χ1v) is 11.9. The molecule has 0 saturated heterocycles. The molecule has 0 unspecified atom stereocenters. The molecule has 0 atom stereocenters. The van der Waals surface area contributed by atoms with Crippen LogP contribution in [-0.2, 0) is 21.2 Å². The fourth-order valence-corrected chi connectivity index (χ4v) is 4.20. The summed E-state index contributed by atoms with van der Waals surface area (Å²) in [6, 6.07) is 9.88. The van der Waals surface area contributed by atoms with E-state index in [-0.39, 0.29) is 10.8 Å². The first kappa shape index (κ1) is 22.5. The van der Waals surface area contributed by atoms with Crippen molar-refractivity contribution in [3.8, 4) is 0 Å². The second-order valence-electron chi connectivity index (χ2n) is 6.33. The molecule has 0 aliphatic rings. The van der Waals surface area contributed by atoms with E-state index in [1.807, 2.05) is 17.5 Å². The number of thiophene rings is 1. The normalized spacial score (nSPS) is 11.5. The van der Waals surface area contributed by atoms with Gasteiger partial charge in [-0.2, -0.15) is 0 Å². The summed E-state index contributed by atoms with van der Waals surface area (Å²) in [7, 11) is -3.58. The maximum atomic E-state index is 12.3. The summed E-state index contributed by atoms with van der Waals surface area (Å²) in [5, 5.41) is 4.78. The second kappa shape index (κ2) is 12.0. The number of carbonyl (C=O) groups is 1. The number of nitrogens with one attached hydrogen (secondary N) is 2. The standard InChI is InChI=1S/C20H28N2O4S2/c1-2-3-14-26-15-5-12-21-20(23)17-7-9-19(10-8-17)28(24,25)22-13-11-18-6-4-16-27-18/h4,6-10,16,22H,2-3,5,11-15H2,1H3,(H,21,23). The van der Waals surface area contributed by atoms with Crippen LogP contribution in [-0.4, -0.2) is 40.6 Å². The summed E-state index contributed by atoms with van der Waals surface area (Å²) in [5.74, 6) is -0.219. The van der Waals surface area contributed by atoms with Crippen molar-refractivity contribution in [1.29, 1.82) is 0 Å². The number of amides is 1. The van der Waals surface area contributed by atoms with Gasteiger partial charge in [-0.3, -0.25) is 4.79 Å². The first-order chi connectivity index (χ1) is 13.5. The molecular weight excluding hydrogens is 396 g/mol. The highest BCUT2D eigenvalue weighted by Crippen LogP contribution is 2.12. The summed E-state index contributed by atoms with van der Waals surface area (Å²) in [6.07, 6.45) is 3.55. The van der Waals surface area contributed by atoms with Crippen molar-refractivity contribution < 1.29 is 17.9 Å². The Morgan fingerprint density at radius 2 is 1.82 bits per heavy atom. The van der Waals surface area contributed by atoms with Crippen LogP contribution in [0.25, 0.3) is 0 Å². The van der Waals surface area contributed by atoms with E-state index in [4.69, 9.17) is 4.74 Å². The predicted molar refractivity (Wildman–Crippen MR) is 112 cm³/mol. The molecule has 0 bridgehead atoms. The third kappa shape index (κ3) is 7.71. The Balaban J connectivity index is 1.75. The Morgan fingerprint density at radius 3 is 2.50 bits per heavy atom. The molecule has 8 heteroatoms. The summed E-state index contributed by atoms with van der Waals surface area (Å²) in [5.41, 5.74) is 0.435. The smallest absolute Gasteiger partial charge is 0.251 e. The third-order valence-corrected chi connectivity index (χ3v) is 6.48. The molecule has 0 fully saturated rings. The number of sulfonamides is 1. The van der Waals surface area contributed by atoms with Crippen molar-refractivity contribution in [3.05, 3.63) is 52.2 Å². The van der Waals surface area contributed by atoms with Gasteiger partial charge >= 0.3 is 0 Å². The quantitative estimate of drug-likeness (QED) is 0.484. The number of carbonyl (C=O) groups excluding carboxylic acids is 1. The van der Waals surface area contributed by atoms with Crippen molar-refractivity contribution in [1.82, 2.24) is 10.0 Å². The molecule has 1 aromatic heterocycles. The van der Waals surface area contributed by atoms with Crippen LogP contribution < -0.4 is 10.0 Å². The lowest BCUT2D eigenvalue weighted by atomic mass is 10.2. The maximum Gasteiger partial charge on any atom is 0.251 e. The zero-order valence-corrected chi connectivity index (χ0v) is 17.8. The molecule has 2 N–H and O–H groups in total. The van der Waals surface area contributed by atoms with E-state index in [9.17, 15) is 13.2 Å². The van der Waals surface area contributed by atoms with E-state index < -0.39 is 10.0 Å². The van der Waals surface area contributed by atoms with Crippen LogP contribution in [0.4, 0.5) is 0 Å². The number of hydrogen-bond acceptors (Lipinski definition) is 5. The summed E-state index contributed by atoms with van der Waals surface area (Å²) in [6.45, 7) is 4.35. The Hall–Kier alpha value is -1.74. The minimum atomic E-state index is -3.58. The lowest BCUT2D eigenvalue weighted by Crippen LogP contribution is -2.27. The minimum Gasteiger partial charge on any atom is -0.381 e. The molecule has 2 aromatic rings. The van der Waals surface area contributed by atoms with Crippen LogP contribution >= 0.6 is 11.3 Å². The zero-order valence-electron chi connectivity index (χ0n) is 16.1. The molecule has 0 spiro atoms. The fourth-order valence-electron chi connectivity index (χ4n) is 2.46. The lowest BCUT2D eigenvalue weighted by Gasteiger charge is -2.08. The summed E-state index contributed by atoms with van der Waals surface area (Å²) >= 11 is 1.60. The molecule has 1 amide bonds. The molecule has 154 valence electrons. The van der Waals surface area contributed by atoms with Crippen molar-refractivity contribution in [2.75, 3.05) is 26.3 Å². The highest BCUT2D eigenvalue weighted by Gasteiger charge is 2.14. The molecule has 0 aliphatic heterocycles. The Labute approximate surface area is 171 Å². The Kier molecular flexibility index (Phi) is 9.63. The average molecular weight is 425 g/mol. The van der Waals surface area contributed by atoms with Gasteiger partial charge in [-0.1, -0.05) is 19.4 Å². The lowest BCUT2D eigenvalue weighted by molar-refractivity contribution is 0.0940. The first-order valence-electron chi connectivity index (χ1n) is 9.51. The molecule has 1 heterocycles. The largest absolute Gasteiger partial charge is 0.381 e. The van der Waals surface area contributed by atoms with Gasteiger partial charge in [-0.15, -0.1) is 11.3 Å². The van der Waals surface area contributed by atoms with Crippen LogP contribution in [0, 0.1) is 0 Å². The second-order valence-corrected chi connectivity index (χ2v) is 9.13. The molecule has 6 nitrogen and oxygen atoms in total. The van der Waals surface area contributed by atoms with Crippen LogP contribution in [0.1, 0.15) is 41.4 Å². The fraction of sp³-hybridized carbons (Fsp3) is 0.450. The monoisotopic (exact) mass is 424 g/mol. The summed E-state index contributed by atoms with van der Waals surface area (Å²) in [4.78, 5) is 13.4. The third-order valence-electron chi connectivity index (χ3n) is 4.06. The van der Waals surface area contributed by atoms with E-state index >= 15 is 0 Å². The molecule has 0 radical (unpaired) electrons. The predicted octanol–water partition coefficient (Wildman–Crippen LogP) is 3.21. The van der Waals surface area contributed by atoms with Crippen molar-refractivity contribution in [2.45, 2.75) is 37.5 Å². The van der Waals surface area contributed by atoms with Crippen molar-refractivity contribution in [3.63, 3.8) is 0 Å². The topological polar surface area (TPSA) is 84.5 Å². The van der Waals surface area contributed by atoms with Gasteiger partial charge in [0.25, 0.3) is 5.91 Å². The van der Waals surface area contributed by atoms with Crippen LogP contribution in [0.3, 0.4) is 0 Å². The maximum absolute atomic E-state index is 12.3. The molecule has 0 saturated carbocycles. The average Bonchev–Trinajstić information content (AvgIpc) is 3.20. The van der Waals surface area contributed by atoms with Crippen LogP contribution in [0.5, 0.6) is 0 Å². The molecule has 28 heavy (non-hydrogen) atoms. The number of hydrogen-bond donors (Lipinski definition) is 2.